The number of hydrogen-bond donors (Lipinski definition) is 1. The van der Waals surface area contributed by atoms with E-state index in [-0.39, 0.29) is 6.10 Å². The molecular weight excluding hydrogens is 100 g/mol. The molecule has 1 nitrogen and oxygen atoms in total. The summed E-state index contributed by atoms with van der Waals surface area (Å²) in [6.45, 7) is 7.12. The van der Waals surface area contributed by atoms with Gasteiger partial charge in [-0.1, -0.05) is 19.4 Å². The van der Waals surface area contributed by atoms with Crippen LogP contribution in [0.1, 0.15) is 19.3 Å². The molecule has 0 aliphatic carbocycles. The van der Waals surface area contributed by atoms with Crippen molar-refractivity contribution in [2.45, 2.75) is 25.4 Å². The zero-order chi connectivity index (χ0) is 6.41. The summed E-state index contributed by atoms with van der Waals surface area (Å²) in [5, 5.41) is 8.94. The number of hydrogen-bond acceptors (Lipinski definition) is 1. The van der Waals surface area contributed by atoms with Gasteiger partial charge >= 0.3 is 0 Å². The molecular formula is C7H13O. The largest absolute Gasteiger partial charge is 0.393 e. The van der Waals surface area contributed by atoms with Gasteiger partial charge in [-0.05, 0) is 12.8 Å². The van der Waals surface area contributed by atoms with Gasteiger partial charge < -0.3 is 5.11 Å². The Balaban J connectivity index is 3.03. The van der Waals surface area contributed by atoms with Crippen LogP contribution < -0.4 is 0 Å². The molecule has 0 saturated heterocycles. The van der Waals surface area contributed by atoms with E-state index in [1.807, 2.05) is 0 Å². The predicted octanol–water partition coefficient (Wildman–Crippen LogP) is 1.54. The Kier molecular flexibility index (Phi) is 4.67. The Morgan fingerprint density at radius 1 is 1.62 bits per heavy atom. The minimum absolute atomic E-state index is 0.218. The van der Waals surface area contributed by atoms with Gasteiger partial charge in [0.2, 0.25) is 0 Å². The summed E-state index contributed by atoms with van der Waals surface area (Å²) in [7, 11) is 0. The first-order valence-electron chi connectivity index (χ1n) is 2.89. The fraction of sp³-hybridized carbons (Fsp3) is 0.571. The zero-order valence-corrected chi connectivity index (χ0v) is 5.14. The predicted molar refractivity (Wildman–Crippen MR) is 35.4 cm³/mol. The summed E-state index contributed by atoms with van der Waals surface area (Å²) in [5.41, 5.74) is 0. The maximum Gasteiger partial charge on any atom is 0.0574 e. The van der Waals surface area contributed by atoms with E-state index in [1.54, 1.807) is 6.08 Å². The molecule has 0 aromatic heterocycles. The summed E-state index contributed by atoms with van der Waals surface area (Å²) >= 11 is 0. The summed E-state index contributed by atoms with van der Waals surface area (Å²) in [5.74, 6) is 0. The second-order valence-corrected chi connectivity index (χ2v) is 1.82. The summed E-state index contributed by atoms with van der Waals surface area (Å²) in [4.78, 5) is 0. The molecule has 0 aromatic rings. The average Bonchev–Trinajstić information content (AvgIpc) is 1.68. The molecule has 0 heterocycles. The third-order valence-corrected chi connectivity index (χ3v) is 0.976. The van der Waals surface area contributed by atoms with Crippen molar-refractivity contribution >= 4 is 0 Å². The van der Waals surface area contributed by atoms with Crippen molar-refractivity contribution < 1.29 is 5.11 Å². The van der Waals surface area contributed by atoms with E-state index < -0.39 is 0 Å². The molecule has 1 N–H and O–H groups in total. The number of aliphatic hydroxyl groups is 1. The molecule has 0 spiro atoms. The van der Waals surface area contributed by atoms with Gasteiger partial charge in [0.25, 0.3) is 0 Å². The highest BCUT2D eigenvalue weighted by Crippen LogP contribution is 1.99. The van der Waals surface area contributed by atoms with Crippen molar-refractivity contribution in [2.75, 3.05) is 0 Å². The van der Waals surface area contributed by atoms with E-state index in [0.717, 1.165) is 12.8 Å². The Morgan fingerprint density at radius 2 is 2.25 bits per heavy atom. The van der Waals surface area contributed by atoms with Crippen molar-refractivity contribution in [3.05, 3.63) is 19.6 Å². The van der Waals surface area contributed by atoms with E-state index >= 15 is 0 Å². The second kappa shape index (κ2) is 4.85. The molecule has 47 valence electrons. The van der Waals surface area contributed by atoms with E-state index in [4.69, 9.17) is 5.11 Å². The van der Waals surface area contributed by atoms with Crippen molar-refractivity contribution in [1.29, 1.82) is 0 Å². The van der Waals surface area contributed by atoms with Crippen LogP contribution in [-0.2, 0) is 0 Å². The lowest BCUT2D eigenvalue weighted by atomic mass is 10.1. The van der Waals surface area contributed by atoms with Crippen molar-refractivity contribution in [1.82, 2.24) is 0 Å². The summed E-state index contributed by atoms with van der Waals surface area (Å²) in [6, 6.07) is 0. The Morgan fingerprint density at radius 3 is 2.62 bits per heavy atom. The highest BCUT2D eigenvalue weighted by atomic mass is 16.3. The van der Waals surface area contributed by atoms with Gasteiger partial charge in [-0.25, -0.2) is 0 Å². The van der Waals surface area contributed by atoms with Crippen molar-refractivity contribution in [3.8, 4) is 0 Å². The molecule has 0 amide bonds. The van der Waals surface area contributed by atoms with Crippen LogP contribution in [0.5, 0.6) is 0 Å². The third kappa shape index (κ3) is 3.88. The van der Waals surface area contributed by atoms with Gasteiger partial charge in [-0.2, -0.15) is 0 Å². The highest BCUT2D eigenvalue weighted by molar-refractivity contribution is 4.71. The molecule has 1 heteroatoms. The van der Waals surface area contributed by atoms with Crippen LogP contribution >= 0.6 is 0 Å². The molecule has 0 saturated carbocycles. The summed E-state index contributed by atoms with van der Waals surface area (Å²) < 4.78 is 0. The van der Waals surface area contributed by atoms with Gasteiger partial charge in [0, 0.05) is 0 Å². The number of aliphatic hydroxyl groups excluding tert-OH is 1. The quantitative estimate of drug-likeness (QED) is 0.548. The van der Waals surface area contributed by atoms with Crippen LogP contribution in [0.4, 0.5) is 0 Å². The van der Waals surface area contributed by atoms with Crippen LogP contribution in [0, 0.1) is 6.92 Å². The van der Waals surface area contributed by atoms with E-state index in [9.17, 15) is 0 Å². The first-order chi connectivity index (χ1) is 3.81. The molecule has 0 bridgehead atoms. The SMILES string of the molecule is [CH2]CCC(O)CC=C. The molecule has 0 rings (SSSR count). The Hall–Kier alpha value is -0.300. The van der Waals surface area contributed by atoms with Crippen LogP contribution in [0.25, 0.3) is 0 Å². The monoisotopic (exact) mass is 113 g/mol. The van der Waals surface area contributed by atoms with E-state index in [2.05, 4.69) is 13.5 Å². The van der Waals surface area contributed by atoms with Gasteiger partial charge in [0.15, 0.2) is 0 Å². The summed E-state index contributed by atoms with van der Waals surface area (Å²) in [6.07, 6.45) is 3.78. The normalized spacial score (nSPS) is 13.2. The van der Waals surface area contributed by atoms with Crippen molar-refractivity contribution in [2.24, 2.45) is 0 Å². The maximum atomic E-state index is 8.94. The third-order valence-electron chi connectivity index (χ3n) is 0.976. The first kappa shape index (κ1) is 7.70. The molecule has 0 aromatic carbocycles. The molecule has 0 aliphatic heterocycles. The Labute approximate surface area is 51.0 Å². The minimum Gasteiger partial charge on any atom is -0.393 e. The number of rotatable bonds is 4. The minimum atomic E-state index is -0.218. The molecule has 0 aliphatic rings. The topological polar surface area (TPSA) is 20.2 Å². The lowest BCUT2D eigenvalue weighted by Gasteiger charge is -2.02. The van der Waals surface area contributed by atoms with E-state index in [1.165, 1.54) is 0 Å². The van der Waals surface area contributed by atoms with Gasteiger partial charge in [-0.15, -0.1) is 6.58 Å². The van der Waals surface area contributed by atoms with Crippen LogP contribution in [0.2, 0.25) is 0 Å². The van der Waals surface area contributed by atoms with Crippen LogP contribution in [0.15, 0.2) is 12.7 Å². The van der Waals surface area contributed by atoms with Gasteiger partial charge in [-0.3, -0.25) is 0 Å². The molecule has 1 atom stereocenters. The first-order valence-corrected chi connectivity index (χ1v) is 2.89. The van der Waals surface area contributed by atoms with E-state index in [0.29, 0.717) is 6.42 Å². The standard InChI is InChI=1S/C7H13O/c1-3-5-7(8)6-4-2/h3,7-8H,1-2,4-6H2. The molecule has 1 radical (unpaired) electrons. The van der Waals surface area contributed by atoms with Crippen LogP contribution in [0.3, 0.4) is 0 Å². The lowest BCUT2D eigenvalue weighted by Crippen LogP contribution is -2.02. The lowest BCUT2D eigenvalue weighted by molar-refractivity contribution is 0.169. The van der Waals surface area contributed by atoms with Crippen LogP contribution in [-0.4, -0.2) is 11.2 Å². The van der Waals surface area contributed by atoms with Gasteiger partial charge in [0.1, 0.15) is 0 Å². The van der Waals surface area contributed by atoms with Gasteiger partial charge in [0.05, 0.1) is 6.10 Å². The molecule has 0 fully saturated rings. The molecule has 1 unspecified atom stereocenters. The second-order valence-electron chi connectivity index (χ2n) is 1.82. The molecule has 8 heavy (non-hydrogen) atoms. The highest BCUT2D eigenvalue weighted by Gasteiger charge is 1.96. The smallest absolute Gasteiger partial charge is 0.0574 e. The van der Waals surface area contributed by atoms with Crippen molar-refractivity contribution in [3.63, 3.8) is 0 Å². The Bertz CT molecular complexity index is 59.4. The average molecular weight is 113 g/mol. The fourth-order valence-corrected chi connectivity index (χ4v) is 0.546. The zero-order valence-electron chi connectivity index (χ0n) is 5.14. The fourth-order valence-electron chi connectivity index (χ4n) is 0.546. The maximum absolute atomic E-state index is 8.94.